The van der Waals surface area contributed by atoms with Crippen LogP contribution in [0.2, 0.25) is 0 Å². The topological polar surface area (TPSA) is 113 Å². The minimum absolute atomic E-state index is 0.0397. The van der Waals surface area contributed by atoms with Gasteiger partial charge in [-0.2, -0.15) is 0 Å². The molecule has 2 rings (SSSR count). The van der Waals surface area contributed by atoms with Crippen molar-refractivity contribution in [2.24, 2.45) is 0 Å². The lowest BCUT2D eigenvalue weighted by atomic mass is 9.92. The molecule has 0 saturated carbocycles. The van der Waals surface area contributed by atoms with Crippen molar-refractivity contribution in [2.45, 2.75) is 45.1 Å². The first-order valence-electron chi connectivity index (χ1n) is 9.49. The molecule has 0 radical (unpaired) electrons. The summed E-state index contributed by atoms with van der Waals surface area (Å²) < 4.78 is 0. The van der Waals surface area contributed by atoms with Crippen LogP contribution in [0.15, 0.2) is 54.6 Å². The predicted octanol–water partition coefficient (Wildman–Crippen LogP) is 3.60. The van der Waals surface area contributed by atoms with Gasteiger partial charge in [-0.15, -0.1) is 0 Å². The van der Waals surface area contributed by atoms with Crippen LogP contribution >= 0.6 is 0 Å². The van der Waals surface area contributed by atoms with E-state index >= 15 is 0 Å². The van der Waals surface area contributed by atoms with Gasteiger partial charge in [0.1, 0.15) is 5.60 Å². The van der Waals surface area contributed by atoms with Crippen molar-refractivity contribution < 1.29 is 19.6 Å². The number of nitro groups is 1. The van der Waals surface area contributed by atoms with E-state index in [1.807, 2.05) is 13.8 Å². The number of nitro benzene ring substituents is 1. The summed E-state index contributed by atoms with van der Waals surface area (Å²) >= 11 is 0. The lowest BCUT2D eigenvalue weighted by molar-refractivity contribution is -0.384. The molecule has 2 aromatic rings. The van der Waals surface area contributed by atoms with Crippen LogP contribution < -0.4 is 10.4 Å². The Kier molecular flexibility index (Phi) is 7.44. The molecule has 0 aliphatic heterocycles. The summed E-state index contributed by atoms with van der Waals surface area (Å²) in [4.78, 5) is 36.4. The van der Waals surface area contributed by atoms with Gasteiger partial charge in [-0.25, -0.2) is 5.01 Å². The molecule has 0 unspecified atom stereocenters. The van der Waals surface area contributed by atoms with E-state index in [2.05, 4.69) is 5.43 Å². The lowest BCUT2D eigenvalue weighted by Crippen LogP contribution is -2.55. The molecule has 2 aromatic carbocycles. The van der Waals surface area contributed by atoms with Crippen molar-refractivity contribution in [3.05, 3.63) is 70.3 Å². The fraction of sp³-hybridized carbons (Fsp3) is 0.333. The second-order valence-corrected chi connectivity index (χ2v) is 6.76. The highest BCUT2D eigenvalue weighted by atomic mass is 16.6. The number of hydrogen-bond acceptors (Lipinski definition) is 5. The first-order valence-corrected chi connectivity index (χ1v) is 9.49. The van der Waals surface area contributed by atoms with E-state index in [4.69, 9.17) is 0 Å². The Morgan fingerprint density at radius 1 is 1.07 bits per heavy atom. The Morgan fingerprint density at radius 2 is 1.69 bits per heavy atom. The zero-order chi connectivity index (χ0) is 21.4. The normalized spacial score (nSPS) is 11.0. The Balaban J connectivity index is 2.40. The average molecular weight is 399 g/mol. The van der Waals surface area contributed by atoms with Crippen molar-refractivity contribution in [1.29, 1.82) is 0 Å². The van der Waals surface area contributed by atoms with Crippen molar-refractivity contribution in [2.75, 3.05) is 5.01 Å². The monoisotopic (exact) mass is 399 g/mol. The molecule has 0 aromatic heterocycles. The maximum atomic E-state index is 13.1. The standard InChI is InChI=1S/C21H25N3O5/c1-3-13-21(27,14-4-2)20(26)22-23(17-10-6-5-7-11-17)19(25)16-9-8-12-18(15-16)24(28)29/h5-12,15,27H,3-4,13-14H2,1-2H3,(H,22,26). The highest BCUT2D eigenvalue weighted by Gasteiger charge is 2.36. The van der Waals surface area contributed by atoms with Crippen molar-refractivity contribution in [3.8, 4) is 0 Å². The number of nitrogens with one attached hydrogen (secondary N) is 1. The van der Waals surface area contributed by atoms with Crippen LogP contribution in [0, 0.1) is 10.1 Å². The van der Waals surface area contributed by atoms with Crippen LogP contribution in [0.4, 0.5) is 11.4 Å². The van der Waals surface area contributed by atoms with Crippen LogP contribution in [0.25, 0.3) is 0 Å². The Labute approximate surface area is 169 Å². The van der Waals surface area contributed by atoms with Gasteiger partial charge in [0.2, 0.25) is 0 Å². The van der Waals surface area contributed by atoms with E-state index in [1.54, 1.807) is 30.3 Å². The van der Waals surface area contributed by atoms with Gasteiger partial charge in [0.15, 0.2) is 0 Å². The maximum absolute atomic E-state index is 13.1. The van der Waals surface area contributed by atoms with Crippen LogP contribution in [-0.2, 0) is 4.79 Å². The summed E-state index contributed by atoms with van der Waals surface area (Å²) in [7, 11) is 0. The van der Waals surface area contributed by atoms with E-state index in [0.717, 1.165) is 11.1 Å². The number of benzene rings is 2. The van der Waals surface area contributed by atoms with Crippen LogP contribution in [0.3, 0.4) is 0 Å². The third-order valence-electron chi connectivity index (χ3n) is 4.48. The predicted molar refractivity (Wildman–Crippen MR) is 109 cm³/mol. The third-order valence-corrected chi connectivity index (χ3v) is 4.48. The molecule has 2 amide bonds. The van der Waals surface area contributed by atoms with Gasteiger partial charge in [0.05, 0.1) is 10.6 Å². The van der Waals surface area contributed by atoms with Gasteiger partial charge in [-0.3, -0.25) is 25.1 Å². The Bertz CT molecular complexity index is 864. The minimum atomic E-state index is -1.61. The van der Waals surface area contributed by atoms with Gasteiger partial charge < -0.3 is 5.11 Å². The molecular formula is C21H25N3O5. The molecule has 29 heavy (non-hydrogen) atoms. The van der Waals surface area contributed by atoms with E-state index in [0.29, 0.717) is 18.5 Å². The number of amides is 2. The molecule has 8 nitrogen and oxygen atoms in total. The fourth-order valence-corrected chi connectivity index (χ4v) is 3.08. The summed E-state index contributed by atoms with van der Waals surface area (Å²) in [6.07, 6.45) is 1.68. The van der Waals surface area contributed by atoms with Crippen molar-refractivity contribution in [3.63, 3.8) is 0 Å². The summed E-state index contributed by atoms with van der Waals surface area (Å²) in [5.41, 5.74) is 1.08. The van der Waals surface area contributed by atoms with Gasteiger partial charge in [0, 0.05) is 17.7 Å². The number of rotatable bonds is 8. The number of nitrogens with zero attached hydrogens (tertiary/aromatic N) is 2. The van der Waals surface area contributed by atoms with Crippen molar-refractivity contribution in [1.82, 2.24) is 5.43 Å². The molecule has 0 spiro atoms. The van der Waals surface area contributed by atoms with Gasteiger partial charge >= 0.3 is 0 Å². The zero-order valence-electron chi connectivity index (χ0n) is 16.5. The smallest absolute Gasteiger partial charge is 0.277 e. The molecule has 0 fully saturated rings. The number of hydrazine groups is 1. The van der Waals surface area contributed by atoms with Gasteiger partial charge in [0.25, 0.3) is 17.5 Å². The zero-order valence-corrected chi connectivity index (χ0v) is 16.5. The van der Waals surface area contributed by atoms with Crippen molar-refractivity contribution >= 4 is 23.2 Å². The van der Waals surface area contributed by atoms with Crippen LogP contribution in [-0.4, -0.2) is 27.4 Å². The van der Waals surface area contributed by atoms with E-state index in [-0.39, 0.29) is 24.1 Å². The molecule has 8 heteroatoms. The molecule has 0 aliphatic carbocycles. The van der Waals surface area contributed by atoms with E-state index < -0.39 is 22.3 Å². The molecule has 0 aliphatic rings. The molecule has 0 bridgehead atoms. The summed E-state index contributed by atoms with van der Waals surface area (Å²) in [6.45, 7) is 3.72. The van der Waals surface area contributed by atoms with E-state index in [1.165, 1.54) is 18.2 Å². The third kappa shape index (κ3) is 5.39. The molecule has 0 heterocycles. The van der Waals surface area contributed by atoms with Gasteiger partial charge in [-0.1, -0.05) is 51.0 Å². The average Bonchev–Trinajstić information content (AvgIpc) is 2.72. The molecule has 0 saturated heterocycles. The molecule has 2 N–H and O–H groups in total. The maximum Gasteiger partial charge on any atom is 0.277 e. The number of carbonyl (C=O) groups excluding carboxylic acids is 2. The Morgan fingerprint density at radius 3 is 2.24 bits per heavy atom. The van der Waals surface area contributed by atoms with Gasteiger partial charge in [-0.05, 0) is 31.0 Å². The second-order valence-electron chi connectivity index (χ2n) is 6.76. The number of carbonyl (C=O) groups is 2. The molecule has 0 atom stereocenters. The first-order chi connectivity index (χ1) is 13.8. The van der Waals surface area contributed by atoms with Crippen LogP contribution in [0.1, 0.15) is 49.9 Å². The molecular weight excluding hydrogens is 374 g/mol. The highest BCUT2D eigenvalue weighted by Crippen LogP contribution is 2.23. The fourth-order valence-electron chi connectivity index (χ4n) is 3.08. The SMILES string of the molecule is CCCC(O)(CCC)C(=O)NN(C(=O)c1cccc([N+](=O)[O-])c1)c1ccccc1. The number of non-ortho nitro benzene ring substituents is 1. The van der Waals surface area contributed by atoms with Crippen LogP contribution in [0.5, 0.6) is 0 Å². The number of anilines is 1. The quantitative estimate of drug-likeness (QED) is 0.520. The number of para-hydroxylation sites is 1. The summed E-state index contributed by atoms with van der Waals surface area (Å²) in [5, 5.41) is 22.9. The summed E-state index contributed by atoms with van der Waals surface area (Å²) in [5.74, 6) is -1.34. The highest BCUT2D eigenvalue weighted by molar-refractivity contribution is 6.08. The lowest BCUT2D eigenvalue weighted by Gasteiger charge is -2.31. The second kappa shape index (κ2) is 9.79. The summed E-state index contributed by atoms with van der Waals surface area (Å²) in [6, 6.07) is 13.6. The minimum Gasteiger partial charge on any atom is -0.380 e. The first kappa shape index (κ1) is 22.0. The largest absolute Gasteiger partial charge is 0.380 e. The number of hydrogen-bond donors (Lipinski definition) is 2. The van der Waals surface area contributed by atoms with E-state index in [9.17, 15) is 24.8 Å². The Hall–Kier alpha value is -3.26. The molecule has 154 valence electrons. The number of aliphatic hydroxyl groups is 1.